The number of fused-ring (bicyclic) bond motifs is 2. The minimum absolute atomic E-state index is 0.282. The van der Waals surface area contributed by atoms with Crippen LogP contribution in [0.25, 0.3) is 16.9 Å². The van der Waals surface area contributed by atoms with Crippen LogP contribution in [0.5, 0.6) is 11.5 Å². The smallest absolute Gasteiger partial charge is 0.231 e. The van der Waals surface area contributed by atoms with Crippen LogP contribution in [-0.2, 0) is 6.54 Å². The molecule has 0 fully saturated rings. The number of nitrogens with two attached hydrogens (primary N) is 1. The van der Waals surface area contributed by atoms with Crippen LogP contribution in [0.15, 0.2) is 42.7 Å². The number of hydrogen-bond donors (Lipinski definition) is 1. The zero-order valence-corrected chi connectivity index (χ0v) is 10.7. The Labute approximate surface area is 115 Å². The number of benzene rings is 1. The molecule has 0 radical (unpaired) electrons. The third kappa shape index (κ3) is 1.71. The fraction of sp³-hybridized carbons (Fsp3) is 0.133. The van der Waals surface area contributed by atoms with E-state index in [9.17, 15) is 0 Å². The second-order valence-corrected chi connectivity index (χ2v) is 4.70. The van der Waals surface area contributed by atoms with Crippen molar-refractivity contribution in [3.05, 3.63) is 48.3 Å². The van der Waals surface area contributed by atoms with Gasteiger partial charge in [-0.1, -0.05) is 6.07 Å². The molecule has 3 aromatic rings. The first kappa shape index (κ1) is 11.3. The Morgan fingerprint density at radius 2 is 2.00 bits per heavy atom. The van der Waals surface area contributed by atoms with Gasteiger partial charge >= 0.3 is 0 Å². The molecule has 100 valence electrons. The minimum atomic E-state index is 0.282. The first-order chi connectivity index (χ1) is 9.83. The van der Waals surface area contributed by atoms with Crippen LogP contribution in [0.2, 0.25) is 0 Å². The van der Waals surface area contributed by atoms with E-state index in [1.54, 1.807) is 0 Å². The Balaban J connectivity index is 1.81. The van der Waals surface area contributed by atoms with Crippen LogP contribution in [0.3, 0.4) is 0 Å². The second-order valence-electron chi connectivity index (χ2n) is 4.70. The van der Waals surface area contributed by atoms with Crippen molar-refractivity contribution in [1.29, 1.82) is 0 Å². The summed E-state index contributed by atoms with van der Waals surface area (Å²) in [5, 5.41) is 0. The average molecular weight is 267 g/mol. The van der Waals surface area contributed by atoms with E-state index in [1.807, 2.05) is 47.1 Å². The summed E-state index contributed by atoms with van der Waals surface area (Å²) in [5.41, 5.74) is 9.54. The Bertz CT molecular complexity index is 795. The maximum atomic E-state index is 5.66. The lowest BCUT2D eigenvalue weighted by atomic mass is 10.1. The fourth-order valence-electron chi connectivity index (χ4n) is 2.35. The topological polar surface area (TPSA) is 61.8 Å². The van der Waals surface area contributed by atoms with Gasteiger partial charge in [-0.2, -0.15) is 0 Å². The summed E-state index contributed by atoms with van der Waals surface area (Å²) >= 11 is 0. The van der Waals surface area contributed by atoms with Crippen molar-refractivity contribution < 1.29 is 9.47 Å². The highest BCUT2D eigenvalue weighted by atomic mass is 16.7. The van der Waals surface area contributed by atoms with Gasteiger partial charge in [-0.25, -0.2) is 4.98 Å². The second kappa shape index (κ2) is 4.25. The van der Waals surface area contributed by atoms with Gasteiger partial charge in [0.15, 0.2) is 11.5 Å². The molecule has 0 saturated carbocycles. The standard InChI is InChI=1S/C15H13N3O2/c16-6-10-1-4-15-17-12(8-18(15)7-10)11-2-3-13-14(5-11)20-9-19-13/h1-5,7-8H,6,9,16H2. The number of imidazole rings is 1. The van der Waals surface area contributed by atoms with Gasteiger partial charge in [-0.3, -0.25) is 0 Å². The molecule has 1 aliphatic rings. The molecule has 0 atom stereocenters. The number of rotatable bonds is 2. The molecular formula is C15H13N3O2. The quantitative estimate of drug-likeness (QED) is 0.773. The van der Waals surface area contributed by atoms with Crippen LogP contribution in [0, 0.1) is 0 Å². The monoisotopic (exact) mass is 267 g/mol. The molecule has 0 bridgehead atoms. The van der Waals surface area contributed by atoms with E-state index in [-0.39, 0.29) is 6.79 Å². The molecule has 1 aliphatic heterocycles. The van der Waals surface area contributed by atoms with Gasteiger partial charge in [0, 0.05) is 24.5 Å². The molecule has 0 saturated heterocycles. The maximum absolute atomic E-state index is 5.66. The molecule has 2 N–H and O–H groups in total. The van der Waals surface area contributed by atoms with Crippen molar-refractivity contribution in [3.63, 3.8) is 0 Å². The molecule has 5 nitrogen and oxygen atoms in total. The van der Waals surface area contributed by atoms with Gasteiger partial charge in [-0.15, -0.1) is 0 Å². The van der Waals surface area contributed by atoms with E-state index >= 15 is 0 Å². The normalized spacial score (nSPS) is 13.1. The predicted molar refractivity (Wildman–Crippen MR) is 74.6 cm³/mol. The largest absolute Gasteiger partial charge is 0.454 e. The van der Waals surface area contributed by atoms with E-state index in [0.29, 0.717) is 6.54 Å². The molecule has 5 heteroatoms. The number of ether oxygens (including phenoxy) is 2. The fourth-order valence-corrected chi connectivity index (χ4v) is 2.35. The average Bonchev–Trinajstić information content (AvgIpc) is 3.11. The van der Waals surface area contributed by atoms with Gasteiger partial charge < -0.3 is 19.6 Å². The van der Waals surface area contributed by atoms with Crippen LogP contribution in [-0.4, -0.2) is 16.2 Å². The maximum Gasteiger partial charge on any atom is 0.231 e. The number of hydrogen-bond acceptors (Lipinski definition) is 4. The Hall–Kier alpha value is -2.53. The molecule has 0 amide bonds. The predicted octanol–water partition coefficient (Wildman–Crippen LogP) is 2.19. The van der Waals surface area contributed by atoms with Gasteiger partial charge in [0.2, 0.25) is 6.79 Å². The van der Waals surface area contributed by atoms with Gasteiger partial charge in [-0.05, 0) is 29.8 Å². The molecule has 2 aromatic heterocycles. The number of pyridine rings is 1. The molecule has 0 unspecified atom stereocenters. The Kier molecular flexibility index (Phi) is 2.40. The third-order valence-corrected chi connectivity index (χ3v) is 3.42. The Morgan fingerprint density at radius 1 is 1.10 bits per heavy atom. The summed E-state index contributed by atoms with van der Waals surface area (Å²) in [7, 11) is 0. The SMILES string of the molecule is NCc1ccc2nc(-c3ccc4c(c3)OCO4)cn2c1. The van der Waals surface area contributed by atoms with Gasteiger partial charge in [0.25, 0.3) is 0 Å². The highest BCUT2D eigenvalue weighted by Gasteiger charge is 2.15. The highest BCUT2D eigenvalue weighted by molar-refractivity contribution is 5.66. The summed E-state index contributed by atoms with van der Waals surface area (Å²) in [6.45, 7) is 0.803. The minimum Gasteiger partial charge on any atom is -0.454 e. The van der Waals surface area contributed by atoms with Crippen molar-refractivity contribution in [3.8, 4) is 22.8 Å². The zero-order valence-electron chi connectivity index (χ0n) is 10.7. The first-order valence-electron chi connectivity index (χ1n) is 6.41. The van der Waals surface area contributed by atoms with Gasteiger partial charge in [0.05, 0.1) is 5.69 Å². The molecule has 0 aliphatic carbocycles. The Morgan fingerprint density at radius 3 is 2.90 bits per heavy atom. The van der Waals surface area contributed by atoms with Crippen LogP contribution in [0.1, 0.15) is 5.56 Å². The van der Waals surface area contributed by atoms with Crippen LogP contribution >= 0.6 is 0 Å². The lowest BCUT2D eigenvalue weighted by molar-refractivity contribution is 0.174. The van der Waals surface area contributed by atoms with Crippen molar-refractivity contribution in [2.45, 2.75) is 6.54 Å². The van der Waals surface area contributed by atoms with E-state index in [2.05, 4.69) is 4.98 Å². The summed E-state index contributed by atoms with van der Waals surface area (Å²) in [6, 6.07) is 9.81. The van der Waals surface area contributed by atoms with E-state index in [1.165, 1.54) is 0 Å². The third-order valence-electron chi connectivity index (χ3n) is 3.42. The van der Waals surface area contributed by atoms with Crippen molar-refractivity contribution in [1.82, 2.24) is 9.38 Å². The number of aromatic nitrogens is 2. The lowest BCUT2D eigenvalue weighted by Crippen LogP contribution is -1.97. The lowest BCUT2D eigenvalue weighted by Gasteiger charge is -1.98. The first-order valence-corrected chi connectivity index (χ1v) is 6.41. The van der Waals surface area contributed by atoms with E-state index < -0.39 is 0 Å². The van der Waals surface area contributed by atoms with Gasteiger partial charge in [0.1, 0.15) is 5.65 Å². The van der Waals surface area contributed by atoms with E-state index in [0.717, 1.165) is 34.0 Å². The summed E-state index contributed by atoms with van der Waals surface area (Å²) in [4.78, 5) is 4.61. The summed E-state index contributed by atoms with van der Waals surface area (Å²) in [5.74, 6) is 1.55. The zero-order chi connectivity index (χ0) is 13.5. The van der Waals surface area contributed by atoms with Crippen molar-refractivity contribution in [2.24, 2.45) is 5.73 Å². The van der Waals surface area contributed by atoms with Crippen LogP contribution in [0.4, 0.5) is 0 Å². The molecular weight excluding hydrogens is 254 g/mol. The summed E-state index contributed by atoms with van der Waals surface area (Å²) < 4.78 is 12.7. The van der Waals surface area contributed by atoms with Crippen molar-refractivity contribution >= 4 is 5.65 Å². The summed E-state index contributed by atoms with van der Waals surface area (Å²) in [6.07, 6.45) is 3.99. The molecule has 3 heterocycles. The molecule has 20 heavy (non-hydrogen) atoms. The molecule has 4 rings (SSSR count). The number of nitrogens with zero attached hydrogens (tertiary/aromatic N) is 2. The molecule has 1 aromatic carbocycles. The molecule has 0 spiro atoms. The van der Waals surface area contributed by atoms with Crippen molar-refractivity contribution in [2.75, 3.05) is 6.79 Å². The van der Waals surface area contributed by atoms with Crippen LogP contribution < -0.4 is 15.2 Å². The highest BCUT2D eigenvalue weighted by Crippen LogP contribution is 2.35. The van der Waals surface area contributed by atoms with E-state index in [4.69, 9.17) is 15.2 Å².